The van der Waals surface area contributed by atoms with Crippen molar-refractivity contribution in [2.24, 2.45) is 4.99 Å². The van der Waals surface area contributed by atoms with Gasteiger partial charge < -0.3 is 26.0 Å². The van der Waals surface area contributed by atoms with Gasteiger partial charge in [0, 0.05) is 43.6 Å². The van der Waals surface area contributed by atoms with Crippen LogP contribution in [0.2, 0.25) is 0 Å². The third kappa shape index (κ3) is 4.33. The number of urea groups is 1. The lowest BCUT2D eigenvalue weighted by Gasteiger charge is -2.50. The van der Waals surface area contributed by atoms with Crippen LogP contribution in [0.1, 0.15) is 43.9 Å². The molecular weight excluding hydrogens is 437 g/mol. The summed E-state index contributed by atoms with van der Waals surface area (Å²) in [5.41, 5.74) is 5.34. The second-order valence-electron chi connectivity index (χ2n) is 8.84. The van der Waals surface area contributed by atoms with Crippen LogP contribution in [-0.2, 0) is 10.9 Å². The smallest absolute Gasteiger partial charge is 0.399 e. The molecular formula is C22H29F3N6O2. The van der Waals surface area contributed by atoms with Gasteiger partial charge in [0.25, 0.3) is 0 Å². The number of carbonyl (C=O) groups is 1. The molecule has 3 heterocycles. The lowest BCUT2D eigenvalue weighted by molar-refractivity contribution is -0.137. The normalized spacial score (nSPS) is 25.1. The zero-order valence-electron chi connectivity index (χ0n) is 18.9. The Morgan fingerprint density at radius 1 is 1.30 bits per heavy atom. The van der Waals surface area contributed by atoms with Crippen molar-refractivity contribution in [3.63, 3.8) is 0 Å². The summed E-state index contributed by atoms with van der Waals surface area (Å²) in [4.78, 5) is 21.1. The minimum absolute atomic E-state index is 0.0443. The van der Waals surface area contributed by atoms with Crippen molar-refractivity contribution in [2.75, 3.05) is 32.5 Å². The fourth-order valence-corrected chi connectivity index (χ4v) is 4.56. The Balaban J connectivity index is 1.65. The highest BCUT2D eigenvalue weighted by Crippen LogP contribution is 2.37. The van der Waals surface area contributed by atoms with E-state index in [1.165, 1.54) is 12.4 Å². The van der Waals surface area contributed by atoms with Gasteiger partial charge in [-0.05, 0) is 50.5 Å². The number of nitrogens with one attached hydrogen (secondary N) is 2. The van der Waals surface area contributed by atoms with E-state index in [9.17, 15) is 18.0 Å². The monoisotopic (exact) mass is 466 g/mol. The molecule has 3 aliphatic heterocycles. The number of nitrogens with zero attached hydrogens (tertiary/aromatic N) is 3. The number of halogens is 3. The van der Waals surface area contributed by atoms with E-state index in [4.69, 9.17) is 10.5 Å². The van der Waals surface area contributed by atoms with Crippen LogP contribution in [0.5, 0.6) is 0 Å². The van der Waals surface area contributed by atoms with Crippen molar-refractivity contribution >= 4 is 18.1 Å². The molecule has 0 radical (unpaired) electrons. The molecule has 0 aliphatic carbocycles. The predicted octanol–water partition coefficient (Wildman–Crippen LogP) is 3.04. The molecule has 33 heavy (non-hydrogen) atoms. The van der Waals surface area contributed by atoms with Crippen LogP contribution in [0.15, 0.2) is 34.6 Å². The summed E-state index contributed by atoms with van der Waals surface area (Å²) in [5, 5.41) is 6.39. The van der Waals surface area contributed by atoms with E-state index in [1.54, 1.807) is 18.9 Å². The molecule has 2 amide bonds. The number of ether oxygens (including phenoxy) is 1. The molecule has 8 nitrogen and oxygen atoms in total. The third-order valence-electron chi connectivity index (χ3n) is 6.71. The quantitative estimate of drug-likeness (QED) is 0.593. The molecule has 2 atom stereocenters. The molecule has 2 fully saturated rings. The molecule has 4 rings (SSSR count). The number of fused-ring (bicyclic) bond motifs is 1. The number of aliphatic imine (C=N–C) groups is 1. The van der Waals surface area contributed by atoms with Gasteiger partial charge in [0.1, 0.15) is 5.82 Å². The van der Waals surface area contributed by atoms with Crippen LogP contribution >= 0.6 is 0 Å². The summed E-state index contributed by atoms with van der Waals surface area (Å²) in [6.07, 6.45) is -1.48. The number of nitrogen functional groups attached to an aromatic ring is 1. The summed E-state index contributed by atoms with van der Waals surface area (Å²) in [5.74, 6) is 0.618. The number of amides is 2. The first-order valence-corrected chi connectivity index (χ1v) is 10.9. The molecule has 1 unspecified atom stereocenters. The van der Waals surface area contributed by atoms with Crippen LogP contribution in [0, 0.1) is 0 Å². The standard InChI is InChI=1S/C22H29F3N6O2/c1-13(14-8-15(22(23,24)25)10-16(26)9-14)29-19-18-11-31(17-4-6-33-7-5-17)20(32)30(3)21(18,2)28-12-27-19/h8-10,12-13,17,29H,4-7,11,26H2,1-3H3,(H,27,28)/t13-,21?/m1/s1. The first-order valence-electron chi connectivity index (χ1n) is 10.9. The number of hydrogen-bond donors (Lipinski definition) is 3. The number of anilines is 1. The minimum atomic E-state index is -4.49. The second kappa shape index (κ2) is 8.44. The van der Waals surface area contributed by atoms with E-state index < -0.39 is 23.4 Å². The van der Waals surface area contributed by atoms with Gasteiger partial charge in [-0.15, -0.1) is 0 Å². The maximum Gasteiger partial charge on any atom is 0.416 e. The topological polar surface area (TPSA) is 95.2 Å². The van der Waals surface area contributed by atoms with Crippen LogP contribution < -0.4 is 16.4 Å². The molecule has 4 N–H and O–H groups in total. The molecule has 1 aromatic rings. The first kappa shape index (κ1) is 23.2. The maximum absolute atomic E-state index is 13.3. The fourth-order valence-electron chi connectivity index (χ4n) is 4.56. The zero-order chi connectivity index (χ0) is 24.0. The number of benzene rings is 1. The van der Waals surface area contributed by atoms with E-state index in [-0.39, 0.29) is 17.8 Å². The Kier molecular flexibility index (Phi) is 5.94. The van der Waals surface area contributed by atoms with Gasteiger partial charge in [-0.25, -0.2) is 9.79 Å². The predicted molar refractivity (Wildman–Crippen MR) is 118 cm³/mol. The van der Waals surface area contributed by atoms with Gasteiger partial charge in [-0.3, -0.25) is 4.90 Å². The SMILES string of the molecule is C[C@@H](NC1=C2CN(C3CCOCC3)C(=O)N(C)C2(C)N=CN1)c1cc(N)cc(C(F)(F)F)c1. The number of alkyl halides is 3. The van der Waals surface area contributed by atoms with E-state index in [1.807, 2.05) is 11.8 Å². The van der Waals surface area contributed by atoms with E-state index in [0.29, 0.717) is 31.1 Å². The fraction of sp³-hybridized carbons (Fsp3) is 0.545. The lowest BCUT2D eigenvalue weighted by Crippen LogP contribution is -2.64. The van der Waals surface area contributed by atoms with Gasteiger partial charge in [0.15, 0.2) is 5.66 Å². The average Bonchev–Trinajstić information content (AvgIpc) is 2.76. The zero-order valence-corrected chi connectivity index (χ0v) is 18.9. The summed E-state index contributed by atoms with van der Waals surface area (Å²) in [6.45, 7) is 5.18. The number of hydrogen-bond acceptors (Lipinski definition) is 6. The molecule has 0 saturated carbocycles. The van der Waals surface area contributed by atoms with Crippen LogP contribution in [0.4, 0.5) is 23.7 Å². The van der Waals surface area contributed by atoms with Crippen molar-refractivity contribution in [2.45, 2.75) is 50.6 Å². The van der Waals surface area contributed by atoms with Crippen molar-refractivity contribution < 1.29 is 22.7 Å². The van der Waals surface area contributed by atoms with Crippen LogP contribution in [-0.4, -0.2) is 60.7 Å². The first-order chi connectivity index (χ1) is 15.5. The molecule has 180 valence electrons. The van der Waals surface area contributed by atoms with Crippen molar-refractivity contribution in [1.29, 1.82) is 0 Å². The van der Waals surface area contributed by atoms with Gasteiger partial charge in [-0.2, -0.15) is 13.2 Å². The molecule has 0 spiro atoms. The molecule has 11 heteroatoms. The van der Waals surface area contributed by atoms with E-state index in [0.717, 1.165) is 30.5 Å². The van der Waals surface area contributed by atoms with Crippen LogP contribution in [0.3, 0.4) is 0 Å². The highest BCUT2D eigenvalue weighted by Gasteiger charge is 2.48. The molecule has 0 aromatic heterocycles. The Labute approximate surface area is 190 Å². The van der Waals surface area contributed by atoms with E-state index in [2.05, 4.69) is 15.6 Å². The molecule has 1 aromatic carbocycles. The minimum Gasteiger partial charge on any atom is -0.399 e. The Morgan fingerprint density at radius 2 is 2.00 bits per heavy atom. The van der Waals surface area contributed by atoms with Gasteiger partial charge >= 0.3 is 12.2 Å². The number of rotatable bonds is 4. The van der Waals surface area contributed by atoms with Crippen molar-refractivity contribution in [3.05, 3.63) is 40.7 Å². The largest absolute Gasteiger partial charge is 0.416 e. The summed E-state index contributed by atoms with van der Waals surface area (Å²) in [6, 6.07) is 3.01. The van der Waals surface area contributed by atoms with E-state index >= 15 is 0 Å². The Bertz CT molecular complexity index is 989. The second-order valence-corrected chi connectivity index (χ2v) is 8.84. The summed E-state index contributed by atoms with van der Waals surface area (Å²) >= 11 is 0. The van der Waals surface area contributed by atoms with Crippen LogP contribution in [0.25, 0.3) is 0 Å². The number of likely N-dealkylation sites (N-methyl/N-ethyl adjacent to an activating group) is 1. The van der Waals surface area contributed by atoms with Gasteiger partial charge in [-0.1, -0.05) is 0 Å². The Hall–Kier alpha value is -2.95. The Morgan fingerprint density at radius 3 is 2.67 bits per heavy atom. The van der Waals surface area contributed by atoms with Gasteiger partial charge in [0.2, 0.25) is 0 Å². The average molecular weight is 467 g/mol. The maximum atomic E-state index is 13.3. The van der Waals surface area contributed by atoms with Gasteiger partial charge in [0.05, 0.1) is 18.4 Å². The summed E-state index contributed by atoms with van der Waals surface area (Å²) in [7, 11) is 1.71. The molecule has 0 bridgehead atoms. The van der Waals surface area contributed by atoms with Crippen molar-refractivity contribution in [1.82, 2.24) is 20.4 Å². The highest BCUT2D eigenvalue weighted by molar-refractivity contribution is 5.79. The lowest BCUT2D eigenvalue weighted by atomic mass is 9.93. The summed E-state index contributed by atoms with van der Waals surface area (Å²) < 4.78 is 45.3. The molecule has 2 saturated heterocycles. The highest BCUT2D eigenvalue weighted by atomic mass is 19.4. The number of carbonyl (C=O) groups excluding carboxylic acids is 1. The van der Waals surface area contributed by atoms with Crippen molar-refractivity contribution in [3.8, 4) is 0 Å². The molecule has 3 aliphatic rings. The third-order valence-corrected chi connectivity index (χ3v) is 6.71. The number of nitrogens with two attached hydrogens (primary N) is 1.